The van der Waals surface area contributed by atoms with Crippen molar-refractivity contribution in [1.82, 2.24) is 15.0 Å². The van der Waals surface area contributed by atoms with Gasteiger partial charge in [0.2, 0.25) is 17.2 Å². The first-order valence-electron chi connectivity index (χ1n) is 6.64. The molecule has 0 saturated heterocycles. The highest BCUT2D eigenvalue weighted by Gasteiger charge is 2.32. The molecule has 0 aliphatic heterocycles. The highest BCUT2D eigenvalue weighted by atomic mass is 35.5. The number of nitrogens with two attached hydrogens (primary N) is 1. The molecular weight excluding hydrogens is 266 g/mol. The Kier molecular flexibility index (Phi) is 4.42. The van der Waals surface area contributed by atoms with Crippen LogP contribution in [0.2, 0.25) is 5.28 Å². The molecule has 0 atom stereocenters. The van der Waals surface area contributed by atoms with Gasteiger partial charge in [0.05, 0.1) is 5.60 Å². The molecule has 6 nitrogen and oxygen atoms in total. The lowest BCUT2D eigenvalue weighted by molar-refractivity contribution is 0.00216. The molecule has 2 rings (SSSR count). The summed E-state index contributed by atoms with van der Waals surface area (Å²) in [5.41, 5.74) is 4.79. The number of rotatable bonds is 4. The predicted octanol–water partition coefficient (Wildman–Crippen LogP) is 1.85. The molecule has 1 aromatic rings. The van der Waals surface area contributed by atoms with E-state index in [0.717, 1.165) is 31.6 Å². The average Bonchev–Trinajstić information content (AvgIpc) is 2.37. The van der Waals surface area contributed by atoms with Crippen LogP contribution in [0, 0.1) is 5.92 Å². The monoisotopic (exact) mass is 285 g/mol. The standard InChI is InChI=1S/C12H20ClN5O/c1-2-8-3-5-12(19,6-4-8)7-15-11-17-9(13)16-10(14)18-11/h8,19H,2-7H2,1H3,(H3,14,15,16,17,18). The first-order valence-corrected chi connectivity index (χ1v) is 7.02. The van der Waals surface area contributed by atoms with E-state index >= 15 is 0 Å². The molecule has 0 aromatic carbocycles. The molecule has 1 fully saturated rings. The number of nitrogen functional groups attached to an aromatic ring is 1. The van der Waals surface area contributed by atoms with E-state index in [4.69, 9.17) is 17.3 Å². The second kappa shape index (κ2) is 5.88. The second-order valence-corrected chi connectivity index (χ2v) is 5.55. The lowest BCUT2D eigenvalue weighted by Crippen LogP contribution is -2.40. The van der Waals surface area contributed by atoms with Crippen LogP contribution in [0.25, 0.3) is 0 Å². The molecule has 0 spiro atoms. The number of hydrogen-bond acceptors (Lipinski definition) is 6. The summed E-state index contributed by atoms with van der Waals surface area (Å²) in [7, 11) is 0. The van der Waals surface area contributed by atoms with Crippen LogP contribution in [0.4, 0.5) is 11.9 Å². The highest BCUT2D eigenvalue weighted by molar-refractivity contribution is 6.28. The SMILES string of the molecule is CCC1CCC(O)(CNc2nc(N)nc(Cl)n2)CC1. The third-order valence-electron chi connectivity index (χ3n) is 3.81. The smallest absolute Gasteiger partial charge is 0.228 e. The van der Waals surface area contributed by atoms with Gasteiger partial charge in [0.15, 0.2) is 0 Å². The molecule has 0 bridgehead atoms. The molecule has 7 heteroatoms. The van der Waals surface area contributed by atoms with Crippen LogP contribution in [0.1, 0.15) is 39.0 Å². The van der Waals surface area contributed by atoms with Crippen molar-refractivity contribution in [2.45, 2.75) is 44.6 Å². The average molecular weight is 286 g/mol. The number of anilines is 2. The Morgan fingerprint density at radius 1 is 1.37 bits per heavy atom. The van der Waals surface area contributed by atoms with E-state index in [1.165, 1.54) is 6.42 Å². The van der Waals surface area contributed by atoms with Crippen LogP contribution >= 0.6 is 11.6 Å². The molecule has 1 saturated carbocycles. The summed E-state index contributed by atoms with van der Waals surface area (Å²) in [6, 6.07) is 0. The van der Waals surface area contributed by atoms with E-state index in [2.05, 4.69) is 27.2 Å². The lowest BCUT2D eigenvalue weighted by atomic mass is 9.78. The van der Waals surface area contributed by atoms with Crippen LogP contribution in [0.15, 0.2) is 0 Å². The number of halogens is 1. The minimum Gasteiger partial charge on any atom is -0.388 e. The van der Waals surface area contributed by atoms with Crippen molar-refractivity contribution in [1.29, 1.82) is 0 Å². The van der Waals surface area contributed by atoms with Crippen LogP contribution in [-0.2, 0) is 0 Å². The Morgan fingerprint density at radius 2 is 2.05 bits per heavy atom. The third-order valence-corrected chi connectivity index (χ3v) is 3.98. The Bertz CT molecular complexity index is 414. The summed E-state index contributed by atoms with van der Waals surface area (Å²) in [4.78, 5) is 11.5. The van der Waals surface area contributed by atoms with Gasteiger partial charge in [-0.25, -0.2) is 0 Å². The zero-order valence-electron chi connectivity index (χ0n) is 11.1. The fourth-order valence-corrected chi connectivity index (χ4v) is 2.65. The molecular formula is C12H20ClN5O. The number of aromatic nitrogens is 3. The van der Waals surface area contributed by atoms with Gasteiger partial charge in [-0.2, -0.15) is 15.0 Å². The first-order chi connectivity index (χ1) is 9.00. The topological polar surface area (TPSA) is 97.0 Å². The van der Waals surface area contributed by atoms with Gasteiger partial charge in [-0.3, -0.25) is 0 Å². The van der Waals surface area contributed by atoms with Crippen LogP contribution in [0.3, 0.4) is 0 Å². The third kappa shape index (κ3) is 3.91. The van der Waals surface area contributed by atoms with Gasteiger partial charge < -0.3 is 16.2 Å². The number of hydrogen-bond donors (Lipinski definition) is 3. The Morgan fingerprint density at radius 3 is 2.63 bits per heavy atom. The van der Waals surface area contributed by atoms with Gasteiger partial charge in [-0.1, -0.05) is 13.3 Å². The quantitative estimate of drug-likeness (QED) is 0.781. The molecule has 19 heavy (non-hydrogen) atoms. The fraction of sp³-hybridized carbons (Fsp3) is 0.750. The Labute approximate surface area is 117 Å². The summed E-state index contributed by atoms with van der Waals surface area (Å²) in [5, 5.41) is 13.5. The van der Waals surface area contributed by atoms with E-state index in [-0.39, 0.29) is 11.2 Å². The van der Waals surface area contributed by atoms with Gasteiger partial charge >= 0.3 is 0 Å². The zero-order chi connectivity index (χ0) is 13.9. The van der Waals surface area contributed by atoms with E-state index in [9.17, 15) is 5.11 Å². The van der Waals surface area contributed by atoms with Gasteiger partial charge in [-0.05, 0) is 43.2 Å². The van der Waals surface area contributed by atoms with Gasteiger partial charge in [0.25, 0.3) is 0 Å². The first kappa shape index (κ1) is 14.3. The van der Waals surface area contributed by atoms with Crippen LogP contribution < -0.4 is 11.1 Å². The normalized spacial score (nSPS) is 27.2. The van der Waals surface area contributed by atoms with E-state index in [0.29, 0.717) is 12.5 Å². The number of aliphatic hydroxyl groups is 1. The molecule has 1 aliphatic carbocycles. The molecule has 106 valence electrons. The zero-order valence-corrected chi connectivity index (χ0v) is 11.8. The van der Waals surface area contributed by atoms with Crippen molar-refractivity contribution in [2.75, 3.05) is 17.6 Å². The predicted molar refractivity (Wildman–Crippen MR) is 74.9 cm³/mol. The molecule has 1 aromatic heterocycles. The molecule has 1 heterocycles. The van der Waals surface area contributed by atoms with Crippen LogP contribution in [0.5, 0.6) is 0 Å². The fourth-order valence-electron chi connectivity index (χ4n) is 2.49. The lowest BCUT2D eigenvalue weighted by Gasteiger charge is -2.35. The molecule has 0 unspecified atom stereocenters. The summed E-state index contributed by atoms with van der Waals surface area (Å²) < 4.78 is 0. The van der Waals surface area contributed by atoms with E-state index < -0.39 is 5.60 Å². The van der Waals surface area contributed by atoms with E-state index in [1.54, 1.807) is 0 Å². The van der Waals surface area contributed by atoms with Crippen molar-refractivity contribution in [3.05, 3.63) is 5.28 Å². The summed E-state index contributed by atoms with van der Waals surface area (Å²) in [5.74, 6) is 1.12. The minimum atomic E-state index is -0.695. The summed E-state index contributed by atoms with van der Waals surface area (Å²) in [6.45, 7) is 2.60. The Balaban J connectivity index is 1.91. The Hall–Kier alpha value is -1.14. The number of nitrogens with zero attached hydrogens (tertiary/aromatic N) is 3. The number of nitrogens with one attached hydrogen (secondary N) is 1. The maximum absolute atomic E-state index is 10.5. The van der Waals surface area contributed by atoms with Crippen molar-refractivity contribution < 1.29 is 5.11 Å². The van der Waals surface area contributed by atoms with Crippen molar-refractivity contribution >= 4 is 23.5 Å². The summed E-state index contributed by atoms with van der Waals surface area (Å²) >= 11 is 5.70. The molecule has 4 N–H and O–H groups in total. The van der Waals surface area contributed by atoms with Gasteiger partial charge in [0, 0.05) is 6.54 Å². The minimum absolute atomic E-state index is 0.0525. The van der Waals surface area contributed by atoms with Crippen molar-refractivity contribution in [3.63, 3.8) is 0 Å². The highest BCUT2D eigenvalue weighted by Crippen LogP contribution is 2.33. The van der Waals surface area contributed by atoms with E-state index in [1.807, 2.05) is 0 Å². The maximum atomic E-state index is 10.5. The maximum Gasteiger partial charge on any atom is 0.228 e. The molecule has 0 radical (unpaired) electrons. The van der Waals surface area contributed by atoms with Crippen molar-refractivity contribution in [2.24, 2.45) is 5.92 Å². The van der Waals surface area contributed by atoms with Gasteiger partial charge in [-0.15, -0.1) is 0 Å². The second-order valence-electron chi connectivity index (χ2n) is 5.22. The molecule has 1 aliphatic rings. The van der Waals surface area contributed by atoms with Gasteiger partial charge in [0.1, 0.15) is 0 Å². The molecule has 0 amide bonds. The largest absolute Gasteiger partial charge is 0.388 e. The summed E-state index contributed by atoms with van der Waals surface area (Å²) in [6.07, 6.45) is 4.91. The van der Waals surface area contributed by atoms with Crippen molar-refractivity contribution in [3.8, 4) is 0 Å². The van der Waals surface area contributed by atoms with Crippen LogP contribution in [-0.4, -0.2) is 32.2 Å².